The summed E-state index contributed by atoms with van der Waals surface area (Å²) >= 11 is 6.99. The van der Waals surface area contributed by atoms with Crippen molar-refractivity contribution < 1.29 is 4.79 Å². The highest BCUT2D eigenvalue weighted by molar-refractivity contribution is 9.11. The van der Waals surface area contributed by atoms with Gasteiger partial charge in [-0.3, -0.25) is 4.79 Å². The summed E-state index contributed by atoms with van der Waals surface area (Å²) in [6.45, 7) is 3.91. The van der Waals surface area contributed by atoms with Crippen LogP contribution in [0.2, 0.25) is 0 Å². The molecule has 2 atom stereocenters. The van der Waals surface area contributed by atoms with E-state index in [9.17, 15) is 4.79 Å². The molecule has 1 fully saturated rings. The van der Waals surface area contributed by atoms with E-state index in [0.29, 0.717) is 15.0 Å². The van der Waals surface area contributed by atoms with E-state index in [1.165, 1.54) is 11.3 Å². The molecule has 2 rings (SSSR count). The number of carbonyl (C=O) groups is 1. The lowest BCUT2D eigenvalue weighted by molar-refractivity contribution is 0.100. The van der Waals surface area contributed by atoms with Crippen LogP contribution in [-0.2, 0) is 0 Å². The number of amides is 1. The van der Waals surface area contributed by atoms with Crippen LogP contribution in [-0.4, -0.2) is 21.5 Å². The summed E-state index contributed by atoms with van der Waals surface area (Å²) in [6.07, 6.45) is 4.23. The average Bonchev–Trinajstić information content (AvgIpc) is 2.81. The first kappa shape index (κ1) is 14.1. The minimum atomic E-state index is -0.388. The Kier molecular flexibility index (Phi) is 4.50. The molecule has 0 spiro atoms. The predicted molar refractivity (Wildman–Crippen MR) is 83.8 cm³/mol. The third-order valence-electron chi connectivity index (χ3n) is 2.97. The molecule has 6 heteroatoms. The molecule has 2 heterocycles. The van der Waals surface area contributed by atoms with Gasteiger partial charge >= 0.3 is 0 Å². The second-order valence-corrected chi connectivity index (χ2v) is 8.63. The fourth-order valence-corrected chi connectivity index (χ4v) is 5.04. The summed E-state index contributed by atoms with van der Waals surface area (Å²) < 4.78 is 0.524. The van der Waals surface area contributed by atoms with Gasteiger partial charge in [0.1, 0.15) is 5.00 Å². The zero-order chi connectivity index (χ0) is 13.3. The molecule has 1 aromatic heterocycles. The Bertz CT molecular complexity index is 499. The highest BCUT2D eigenvalue weighted by atomic mass is 79.9. The fourth-order valence-electron chi connectivity index (χ4n) is 1.87. The van der Waals surface area contributed by atoms with Gasteiger partial charge in [0, 0.05) is 16.3 Å². The fraction of sp³-hybridized carbons (Fsp3) is 0.500. The Morgan fingerprint density at radius 3 is 2.78 bits per heavy atom. The maximum Gasteiger partial charge on any atom is 0.252 e. The number of thioether (sulfide) groups is 1. The molecule has 1 aliphatic heterocycles. The van der Waals surface area contributed by atoms with Crippen LogP contribution in [0.15, 0.2) is 4.99 Å². The zero-order valence-corrected chi connectivity index (χ0v) is 13.5. The van der Waals surface area contributed by atoms with Crippen LogP contribution < -0.4 is 5.73 Å². The Labute approximate surface area is 123 Å². The van der Waals surface area contributed by atoms with E-state index in [0.717, 1.165) is 28.3 Å². The first-order valence-corrected chi connectivity index (χ1v) is 8.40. The number of thiophene rings is 1. The van der Waals surface area contributed by atoms with Gasteiger partial charge in [0.25, 0.3) is 5.91 Å². The Morgan fingerprint density at radius 2 is 2.22 bits per heavy atom. The standard InChI is InChI=1S/C12H15BrN2OS2/c1-6-7(2)17-12(10(6)11(14)16)15-5-8-3-4-9(13)18-8/h5,8-9H,3-4H2,1-2H3,(H2,14,16)/b15-5+. The van der Waals surface area contributed by atoms with Gasteiger partial charge in [-0.25, -0.2) is 4.99 Å². The van der Waals surface area contributed by atoms with E-state index in [-0.39, 0.29) is 5.91 Å². The van der Waals surface area contributed by atoms with Gasteiger partial charge in [-0.1, -0.05) is 15.9 Å². The summed E-state index contributed by atoms with van der Waals surface area (Å²) in [5.41, 5.74) is 6.95. The number of nitrogens with zero attached hydrogens (tertiary/aromatic N) is 1. The lowest BCUT2D eigenvalue weighted by Gasteiger charge is -2.00. The van der Waals surface area contributed by atoms with Crippen molar-refractivity contribution in [2.75, 3.05) is 0 Å². The van der Waals surface area contributed by atoms with Crippen molar-refractivity contribution in [3.63, 3.8) is 0 Å². The molecule has 0 bridgehead atoms. The minimum Gasteiger partial charge on any atom is -0.365 e. The number of aryl methyl sites for hydroxylation is 1. The lowest BCUT2D eigenvalue weighted by atomic mass is 10.1. The van der Waals surface area contributed by atoms with Crippen LogP contribution in [0, 0.1) is 13.8 Å². The normalized spacial score (nSPS) is 23.9. The smallest absolute Gasteiger partial charge is 0.252 e. The molecule has 3 nitrogen and oxygen atoms in total. The molecule has 0 saturated carbocycles. The van der Waals surface area contributed by atoms with Gasteiger partial charge in [-0.2, -0.15) is 0 Å². The van der Waals surface area contributed by atoms with Crippen LogP contribution >= 0.6 is 39.0 Å². The molecule has 0 aromatic carbocycles. The van der Waals surface area contributed by atoms with Crippen molar-refractivity contribution in [2.45, 2.75) is 36.1 Å². The molecule has 0 aliphatic carbocycles. The average molecular weight is 347 g/mol. The molecule has 1 saturated heterocycles. The Morgan fingerprint density at radius 1 is 1.50 bits per heavy atom. The van der Waals surface area contributed by atoms with E-state index in [2.05, 4.69) is 20.9 Å². The maximum absolute atomic E-state index is 11.4. The number of rotatable bonds is 3. The molecule has 1 amide bonds. The molecule has 1 aliphatic rings. The Hall–Kier alpha value is -0.330. The summed E-state index contributed by atoms with van der Waals surface area (Å²) in [5.74, 6) is -0.388. The molecule has 0 radical (unpaired) electrons. The van der Waals surface area contributed by atoms with E-state index < -0.39 is 0 Å². The first-order valence-electron chi connectivity index (χ1n) is 5.72. The van der Waals surface area contributed by atoms with Crippen molar-refractivity contribution in [1.29, 1.82) is 0 Å². The van der Waals surface area contributed by atoms with Crippen LogP contribution in [0.25, 0.3) is 0 Å². The van der Waals surface area contributed by atoms with E-state index in [1.54, 1.807) is 0 Å². The second-order valence-electron chi connectivity index (χ2n) is 4.27. The van der Waals surface area contributed by atoms with Crippen molar-refractivity contribution in [1.82, 2.24) is 0 Å². The van der Waals surface area contributed by atoms with Crippen molar-refractivity contribution in [3.8, 4) is 0 Å². The number of nitrogens with two attached hydrogens (primary N) is 1. The number of hydrogen-bond donors (Lipinski definition) is 1. The third kappa shape index (κ3) is 2.97. The van der Waals surface area contributed by atoms with Gasteiger partial charge in [-0.15, -0.1) is 23.1 Å². The maximum atomic E-state index is 11.4. The summed E-state index contributed by atoms with van der Waals surface area (Å²) in [5, 5.41) is 1.17. The molecule has 18 heavy (non-hydrogen) atoms. The van der Waals surface area contributed by atoms with Gasteiger partial charge in [0.2, 0.25) is 0 Å². The molecule has 1 aromatic rings. The van der Waals surface area contributed by atoms with E-state index in [4.69, 9.17) is 5.73 Å². The lowest BCUT2D eigenvalue weighted by Crippen LogP contribution is -2.11. The molecule has 2 unspecified atom stereocenters. The number of halogens is 1. The third-order valence-corrected chi connectivity index (χ3v) is 6.43. The van der Waals surface area contributed by atoms with Gasteiger partial charge in [0.15, 0.2) is 0 Å². The van der Waals surface area contributed by atoms with Crippen molar-refractivity contribution >= 4 is 56.2 Å². The zero-order valence-electron chi connectivity index (χ0n) is 10.3. The number of aliphatic imine (C=N–C) groups is 1. The summed E-state index contributed by atoms with van der Waals surface area (Å²) in [4.78, 5) is 17.0. The highest BCUT2D eigenvalue weighted by Gasteiger charge is 2.22. The monoisotopic (exact) mass is 346 g/mol. The van der Waals surface area contributed by atoms with Crippen LogP contribution in [0.1, 0.15) is 33.6 Å². The minimum absolute atomic E-state index is 0.388. The summed E-state index contributed by atoms with van der Waals surface area (Å²) in [6, 6.07) is 0. The quantitative estimate of drug-likeness (QED) is 0.668. The molecule has 98 valence electrons. The molecular weight excluding hydrogens is 332 g/mol. The number of hydrogen-bond acceptors (Lipinski definition) is 4. The SMILES string of the molecule is Cc1sc(/N=C/C2CCC(Br)S2)c(C(N)=O)c1C. The van der Waals surface area contributed by atoms with Gasteiger partial charge in [-0.05, 0) is 32.3 Å². The summed E-state index contributed by atoms with van der Waals surface area (Å²) in [7, 11) is 0. The number of alkyl halides is 1. The second kappa shape index (κ2) is 5.75. The van der Waals surface area contributed by atoms with Crippen LogP contribution in [0.5, 0.6) is 0 Å². The highest BCUT2D eigenvalue weighted by Crippen LogP contribution is 2.38. The van der Waals surface area contributed by atoms with Crippen LogP contribution in [0.3, 0.4) is 0 Å². The Balaban J connectivity index is 2.21. The van der Waals surface area contributed by atoms with E-state index in [1.807, 2.05) is 31.8 Å². The largest absolute Gasteiger partial charge is 0.365 e. The molecular formula is C12H15BrN2OS2. The number of primary amides is 1. The van der Waals surface area contributed by atoms with Crippen LogP contribution in [0.4, 0.5) is 5.00 Å². The molecule has 2 N–H and O–H groups in total. The predicted octanol–water partition coefficient (Wildman–Crippen LogP) is 3.78. The topological polar surface area (TPSA) is 55.4 Å². The van der Waals surface area contributed by atoms with Gasteiger partial charge < -0.3 is 5.73 Å². The van der Waals surface area contributed by atoms with Crippen molar-refractivity contribution in [2.24, 2.45) is 10.7 Å². The first-order chi connectivity index (χ1) is 8.49. The van der Waals surface area contributed by atoms with Gasteiger partial charge in [0.05, 0.1) is 9.72 Å². The van der Waals surface area contributed by atoms with E-state index >= 15 is 0 Å². The van der Waals surface area contributed by atoms with Crippen molar-refractivity contribution in [3.05, 3.63) is 16.0 Å². The number of carbonyl (C=O) groups excluding carboxylic acids is 1.